The van der Waals surface area contributed by atoms with E-state index in [2.05, 4.69) is 10.3 Å². The summed E-state index contributed by atoms with van der Waals surface area (Å²) in [6.45, 7) is 0. The lowest BCUT2D eigenvalue weighted by atomic mass is 10.2. The van der Waals surface area contributed by atoms with E-state index in [0.717, 1.165) is 19.1 Å². The molecule has 2 rings (SSSR count). The number of nitrogens with one attached hydrogen (secondary N) is 1. The van der Waals surface area contributed by atoms with Crippen molar-refractivity contribution in [3.05, 3.63) is 17.8 Å². The Morgan fingerprint density at radius 1 is 1.64 bits per heavy atom. The highest BCUT2D eigenvalue weighted by Gasteiger charge is 2.23. The normalized spacial score (nSPS) is 14.9. The zero-order valence-electron chi connectivity index (χ0n) is 7.99. The lowest BCUT2D eigenvalue weighted by Crippen LogP contribution is -2.01. The average Bonchev–Trinajstić information content (AvgIpc) is 3.01. The first kappa shape index (κ1) is 8.99. The second-order valence-electron chi connectivity index (χ2n) is 3.29. The Bertz CT molecular complexity index is 348. The Kier molecular flexibility index (Phi) is 2.35. The average molecular weight is 192 g/mol. The number of aromatic nitrogens is 1. The van der Waals surface area contributed by atoms with Crippen LogP contribution in [0.5, 0.6) is 5.75 Å². The minimum absolute atomic E-state index is 0.330. The van der Waals surface area contributed by atoms with E-state index in [1.54, 1.807) is 19.3 Å². The van der Waals surface area contributed by atoms with Gasteiger partial charge in [-0.3, -0.25) is 4.79 Å². The molecule has 1 fully saturated rings. The van der Waals surface area contributed by atoms with Crippen LogP contribution in [0, 0.1) is 0 Å². The number of nitrogens with zero attached hydrogens (tertiary/aromatic N) is 1. The van der Waals surface area contributed by atoms with Gasteiger partial charge in [0.1, 0.15) is 11.6 Å². The molecule has 0 saturated heterocycles. The van der Waals surface area contributed by atoms with E-state index < -0.39 is 0 Å². The highest BCUT2D eigenvalue weighted by atomic mass is 16.5. The van der Waals surface area contributed by atoms with Crippen LogP contribution in [0.25, 0.3) is 0 Å². The van der Waals surface area contributed by atoms with E-state index in [4.69, 9.17) is 4.74 Å². The van der Waals surface area contributed by atoms with Crippen LogP contribution in [0.3, 0.4) is 0 Å². The number of anilines is 1. The molecule has 1 saturated carbocycles. The van der Waals surface area contributed by atoms with E-state index in [0.29, 0.717) is 23.2 Å². The van der Waals surface area contributed by atoms with Crippen LogP contribution >= 0.6 is 0 Å². The summed E-state index contributed by atoms with van der Waals surface area (Å²) < 4.78 is 5.52. The van der Waals surface area contributed by atoms with E-state index in [1.807, 2.05) is 0 Å². The van der Waals surface area contributed by atoms with E-state index in [-0.39, 0.29) is 0 Å². The van der Waals surface area contributed by atoms with Crippen molar-refractivity contribution in [3.8, 4) is 5.75 Å². The molecule has 0 radical (unpaired) electrons. The van der Waals surface area contributed by atoms with Crippen molar-refractivity contribution in [2.75, 3.05) is 12.4 Å². The molecule has 1 aromatic rings. The summed E-state index contributed by atoms with van der Waals surface area (Å²) >= 11 is 0. The van der Waals surface area contributed by atoms with Crippen molar-refractivity contribution in [3.63, 3.8) is 0 Å². The van der Waals surface area contributed by atoms with Crippen molar-refractivity contribution < 1.29 is 9.53 Å². The molecular formula is C10H12N2O2. The number of carbonyl (C=O) groups excluding carboxylic acids is 1. The molecule has 74 valence electrons. The summed E-state index contributed by atoms with van der Waals surface area (Å²) in [6, 6.07) is 1.71. The number of hydrogen-bond donors (Lipinski definition) is 1. The van der Waals surface area contributed by atoms with Gasteiger partial charge in [0.15, 0.2) is 6.29 Å². The minimum atomic E-state index is 0.330. The molecule has 0 spiro atoms. The Morgan fingerprint density at radius 3 is 3.00 bits per heavy atom. The molecule has 1 heterocycles. The molecule has 14 heavy (non-hydrogen) atoms. The molecule has 1 aliphatic carbocycles. The van der Waals surface area contributed by atoms with Gasteiger partial charge >= 0.3 is 0 Å². The lowest BCUT2D eigenvalue weighted by molar-refractivity contribution is 0.112. The maximum absolute atomic E-state index is 10.7. The highest BCUT2D eigenvalue weighted by Crippen LogP contribution is 2.27. The Morgan fingerprint density at radius 2 is 2.43 bits per heavy atom. The van der Waals surface area contributed by atoms with Crippen LogP contribution in [-0.4, -0.2) is 24.4 Å². The fourth-order valence-corrected chi connectivity index (χ4v) is 1.20. The summed E-state index contributed by atoms with van der Waals surface area (Å²) in [4.78, 5) is 14.8. The summed E-state index contributed by atoms with van der Waals surface area (Å²) in [5, 5.41) is 2.84. The number of carbonyl (C=O) groups is 1. The second kappa shape index (κ2) is 3.65. The molecule has 1 aromatic heterocycles. The van der Waals surface area contributed by atoms with Gasteiger partial charge in [0, 0.05) is 7.05 Å². The number of ether oxygens (including phenoxy) is 1. The van der Waals surface area contributed by atoms with Crippen LogP contribution in [0.4, 0.5) is 5.82 Å². The van der Waals surface area contributed by atoms with Crippen molar-refractivity contribution in [2.24, 2.45) is 0 Å². The highest BCUT2D eigenvalue weighted by molar-refractivity contribution is 5.82. The van der Waals surface area contributed by atoms with Crippen LogP contribution in [-0.2, 0) is 0 Å². The molecule has 1 aliphatic rings. The number of pyridine rings is 1. The second-order valence-corrected chi connectivity index (χ2v) is 3.29. The molecule has 0 aliphatic heterocycles. The van der Waals surface area contributed by atoms with Gasteiger partial charge in [-0.2, -0.15) is 0 Å². The van der Waals surface area contributed by atoms with Crippen molar-refractivity contribution >= 4 is 12.1 Å². The summed E-state index contributed by atoms with van der Waals surface area (Å²) in [5.41, 5.74) is 0.533. The molecule has 4 nitrogen and oxygen atoms in total. The first-order chi connectivity index (χ1) is 6.83. The molecule has 0 amide bonds. The fourth-order valence-electron chi connectivity index (χ4n) is 1.20. The van der Waals surface area contributed by atoms with Gasteiger partial charge in [-0.05, 0) is 18.9 Å². The molecule has 0 unspecified atom stereocenters. The maximum atomic E-state index is 10.7. The van der Waals surface area contributed by atoms with Crippen molar-refractivity contribution in [1.82, 2.24) is 4.98 Å². The van der Waals surface area contributed by atoms with Gasteiger partial charge in [0.05, 0.1) is 17.9 Å². The zero-order chi connectivity index (χ0) is 9.97. The number of aldehydes is 1. The Labute approximate surface area is 82.3 Å². The summed E-state index contributed by atoms with van der Waals surface area (Å²) in [5.74, 6) is 1.26. The molecule has 0 aromatic carbocycles. The van der Waals surface area contributed by atoms with Crippen LogP contribution in [0.1, 0.15) is 23.2 Å². The van der Waals surface area contributed by atoms with Crippen molar-refractivity contribution in [2.45, 2.75) is 18.9 Å². The fraction of sp³-hybridized carbons (Fsp3) is 0.400. The van der Waals surface area contributed by atoms with Gasteiger partial charge in [0.2, 0.25) is 0 Å². The van der Waals surface area contributed by atoms with Gasteiger partial charge in [-0.15, -0.1) is 0 Å². The van der Waals surface area contributed by atoms with Crippen molar-refractivity contribution in [1.29, 1.82) is 0 Å². The van der Waals surface area contributed by atoms with E-state index in [9.17, 15) is 4.79 Å². The molecule has 4 heteroatoms. The topological polar surface area (TPSA) is 51.2 Å². The summed E-state index contributed by atoms with van der Waals surface area (Å²) in [7, 11) is 1.73. The quantitative estimate of drug-likeness (QED) is 0.734. The van der Waals surface area contributed by atoms with Gasteiger partial charge in [-0.1, -0.05) is 0 Å². The lowest BCUT2D eigenvalue weighted by Gasteiger charge is -2.06. The monoisotopic (exact) mass is 192 g/mol. The maximum Gasteiger partial charge on any atom is 0.153 e. The first-order valence-electron chi connectivity index (χ1n) is 4.63. The molecule has 0 bridgehead atoms. The zero-order valence-corrected chi connectivity index (χ0v) is 7.99. The first-order valence-corrected chi connectivity index (χ1v) is 4.63. The number of rotatable bonds is 4. The SMILES string of the molecule is CNc1ncc(OC2CC2)cc1C=O. The molecular weight excluding hydrogens is 180 g/mol. The molecule has 0 atom stereocenters. The molecule has 1 N–H and O–H groups in total. The largest absolute Gasteiger partial charge is 0.489 e. The number of hydrogen-bond acceptors (Lipinski definition) is 4. The third-order valence-electron chi connectivity index (χ3n) is 2.08. The van der Waals surface area contributed by atoms with Crippen LogP contribution in [0.15, 0.2) is 12.3 Å². The third kappa shape index (κ3) is 1.84. The smallest absolute Gasteiger partial charge is 0.153 e. The van der Waals surface area contributed by atoms with E-state index in [1.165, 1.54) is 0 Å². The standard InChI is InChI=1S/C10H12N2O2/c1-11-10-7(6-13)4-9(5-12-10)14-8-2-3-8/h4-6,8H,2-3H2,1H3,(H,11,12). The van der Waals surface area contributed by atoms with Crippen LogP contribution in [0.2, 0.25) is 0 Å². The predicted molar refractivity (Wildman–Crippen MR) is 52.8 cm³/mol. The third-order valence-corrected chi connectivity index (χ3v) is 2.08. The summed E-state index contributed by atoms with van der Waals surface area (Å²) in [6.07, 6.45) is 4.95. The minimum Gasteiger partial charge on any atom is -0.489 e. The van der Waals surface area contributed by atoms with Gasteiger partial charge in [-0.25, -0.2) is 4.98 Å². The van der Waals surface area contributed by atoms with Gasteiger partial charge in [0.25, 0.3) is 0 Å². The Hall–Kier alpha value is -1.58. The Balaban J connectivity index is 2.21. The van der Waals surface area contributed by atoms with E-state index >= 15 is 0 Å². The predicted octanol–water partition coefficient (Wildman–Crippen LogP) is 1.48. The van der Waals surface area contributed by atoms with Gasteiger partial charge < -0.3 is 10.1 Å². The van der Waals surface area contributed by atoms with Crippen LogP contribution < -0.4 is 10.1 Å².